The fraction of sp³-hybridized carbons (Fsp3) is 0.217. The lowest BCUT2D eigenvalue weighted by Crippen LogP contribution is -2.29. The molecule has 3 rings (SSSR count). The Morgan fingerprint density at radius 2 is 1.41 bits per heavy atom. The van der Waals surface area contributed by atoms with Crippen molar-refractivity contribution in [1.82, 2.24) is 20.6 Å². The summed E-state index contributed by atoms with van der Waals surface area (Å²) < 4.78 is 0. The van der Waals surface area contributed by atoms with Gasteiger partial charge in [0.05, 0.1) is 5.56 Å². The Kier molecular flexibility index (Phi) is 7.96. The maximum atomic E-state index is 12.2. The zero-order chi connectivity index (χ0) is 22.8. The van der Waals surface area contributed by atoms with Crippen LogP contribution in [0, 0.1) is 0 Å². The molecule has 0 aliphatic rings. The summed E-state index contributed by atoms with van der Waals surface area (Å²) in [7, 11) is 0. The van der Waals surface area contributed by atoms with Crippen molar-refractivity contribution >= 4 is 23.5 Å². The molecule has 0 spiro atoms. The SMILES string of the molecule is CC(=O)NCCNc1cc(NCCNC(=O)c2ccccc2O)nc(-c2ccccc2)n1. The summed E-state index contributed by atoms with van der Waals surface area (Å²) in [6.45, 7) is 3.22. The third-order valence-electron chi connectivity index (χ3n) is 4.43. The fourth-order valence-electron chi connectivity index (χ4n) is 2.90. The Balaban J connectivity index is 1.62. The first-order valence-corrected chi connectivity index (χ1v) is 10.3. The van der Waals surface area contributed by atoms with Crippen LogP contribution in [0.25, 0.3) is 11.4 Å². The summed E-state index contributed by atoms with van der Waals surface area (Å²) in [4.78, 5) is 32.4. The van der Waals surface area contributed by atoms with Crippen LogP contribution in [0.2, 0.25) is 0 Å². The number of phenolic OH excluding ortho intramolecular Hbond substituents is 1. The quantitative estimate of drug-likeness (QED) is 0.310. The molecule has 9 heteroatoms. The number of para-hydroxylation sites is 1. The van der Waals surface area contributed by atoms with Crippen molar-refractivity contribution in [3.05, 3.63) is 66.2 Å². The standard InChI is InChI=1S/C23H26N6O3/c1-16(30)24-11-12-25-20-15-21(29-22(28-20)17-7-3-2-4-8-17)26-13-14-27-23(32)18-9-5-6-10-19(18)31/h2-10,15,31H,11-14H2,1H3,(H,24,30)(H,27,32)(H2,25,26,28,29). The van der Waals surface area contributed by atoms with Crippen LogP contribution >= 0.6 is 0 Å². The molecule has 32 heavy (non-hydrogen) atoms. The number of carbonyl (C=O) groups is 2. The number of rotatable bonds is 10. The van der Waals surface area contributed by atoms with Crippen molar-refractivity contribution in [3.8, 4) is 17.1 Å². The van der Waals surface area contributed by atoms with Crippen molar-refractivity contribution in [1.29, 1.82) is 0 Å². The minimum atomic E-state index is -0.349. The number of nitrogens with zero attached hydrogens (tertiary/aromatic N) is 2. The van der Waals surface area contributed by atoms with E-state index < -0.39 is 0 Å². The summed E-state index contributed by atoms with van der Waals surface area (Å²) in [5, 5.41) is 21.6. The average molecular weight is 435 g/mol. The number of hydrogen-bond donors (Lipinski definition) is 5. The maximum absolute atomic E-state index is 12.2. The van der Waals surface area contributed by atoms with Gasteiger partial charge < -0.3 is 26.4 Å². The molecule has 1 heterocycles. The number of nitrogens with one attached hydrogen (secondary N) is 4. The summed E-state index contributed by atoms with van der Waals surface area (Å²) in [5.74, 6) is 1.26. The maximum Gasteiger partial charge on any atom is 0.255 e. The molecule has 0 fully saturated rings. The Morgan fingerprint density at radius 3 is 2.03 bits per heavy atom. The lowest BCUT2D eigenvalue weighted by Gasteiger charge is -2.12. The zero-order valence-corrected chi connectivity index (χ0v) is 17.8. The Hall–Kier alpha value is -4.14. The topological polar surface area (TPSA) is 128 Å². The van der Waals surface area contributed by atoms with Crippen molar-refractivity contribution in [2.45, 2.75) is 6.92 Å². The highest BCUT2D eigenvalue weighted by Crippen LogP contribution is 2.20. The van der Waals surface area contributed by atoms with Crippen LogP contribution < -0.4 is 21.3 Å². The van der Waals surface area contributed by atoms with Crippen molar-refractivity contribution < 1.29 is 14.7 Å². The van der Waals surface area contributed by atoms with Crippen LogP contribution in [0.3, 0.4) is 0 Å². The second-order valence-electron chi connectivity index (χ2n) is 6.94. The van der Waals surface area contributed by atoms with Gasteiger partial charge in [0, 0.05) is 44.7 Å². The molecular formula is C23H26N6O3. The van der Waals surface area contributed by atoms with Gasteiger partial charge in [0.15, 0.2) is 5.82 Å². The highest BCUT2D eigenvalue weighted by Gasteiger charge is 2.10. The van der Waals surface area contributed by atoms with E-state index in [-0.39, 0.29) is 23.1 Å². The normalized spacial score (nSPS) is 10.3. The van der Waals surface area contributed by atoms with Crippen molar-refractivity contribution in [2.24, 2.45) is 0 Å². The predicted octanol–water partition coefficient (Wildman–Crippen LogP) is 2.24. The molecule has 5 N–H and O–H groups in total. The number of benzene rings is 2. The first-order valence-electron chi connectivity index (χ1n) is 10.3. The summed E-state index contributed by atoms with van der Waals surface area (Å²) >= 11 is 0. The number of phenols is 1. The number of aromatic nitrogens is 2. The molecule has 166 valence electrons. The number of carbonyl (C=O) groups excluding carboxylic acids is 2. The molecule has 2 aromatic carbocycles. The minimum absolute atomic E-state index is 0.0590. The van der Waals surface area contributed by atoms with E-state index in [0.29, 0.717) is 43.6 Å². The van der Waals surface area contributed by atoms with Gasteiger partial charge in [0.25, 0.3) is 5.91 Å². The second kappa shape index (κ2) is 11.3. The summed E-state index contributed by atoms with van der Waals surface area (Å²) in [6.07, 6.45) is 0. The Labute approximate surface area is 186 Å². The van der Waals surface area contributed by atoms with E-state index in [4.69, 9.17) is 0 Å². The first kappa shape index (κ1) is 22.5. The predicted molar refractivity (Wildman–Crippen MR) is 124 cm³/mol. The molecule has 0 atom stereocenters. The molecule has 2 amide bonds. The molecule has 0 saturated heterocycles. The van der Waals surface area contributed by atoms with Crippen molar-refractivity contribution in [3.63, 3.8) is 0 Å². The van der Waals surface area contributed by atoms with Crippen molar-refractivity contribution in [2.75, 3.05) is 36.8 Å². The molecule has 0 bridgehead atoms. The third kappa shape index (κ3) is 6.69. The van der Waals surface area contributed by atoms with Crippen LogP contribution in [0.1, 0.15) is 17.3 Å². The molecule has 3 aromatic rings. The van der Waals surface area contributed by atoms with Gasteiger partial charge in [0.2, 0.25) is 5.91 Å². The van der Waals surface area contributed by atoms with E-state index >= 15 is 0 Å². The zero-order valence-electron chi connectivity index (χ0n) is 17.8. The number of anilines is 2. The lowest BCUT2D eigenvalue weighted by molar-refractivity contribution is -0.118. The lowest BCUT2D eigenvalue weighted by atomic mass is 10.2. The van der Waals surface area contributed by atoms with E-state index in [1.54, 1.807) is 24.3 Å². The Bertz CT molecular complexity index is 1060. The largest absolute Gasteiger partial charge is 0.507 e. The molecule has 0 radical (unpaired) electrons. The van der Waals surface area contributed by atoms with Crippen LogP contribution in [-0.4, -0.2) is 53.1 Å². The van der Waals surface area contributed by atoms with E-state index in [0.717, 1.165) is 5.56 Å². The van der Waals surface area contributed by atoms with Gasteiger partial charge in [-0.25, -0.2) is 9.97 Å². The number of amides is 2. The molecule has 0 aliphatic heterocycles. The van der Waals surface area contributed by atoms with E-state index in [9.17, 15) is 14.7 Å². The van der Waals surface area contributed by atoms with E-state index in [1.807, 2.05) is 30.3 Å². The second-order valence-corrected chi connectivity index (χ2v) is 6.94. The Morgan fingerprint density at radius 1 is 0.812 bits per heavy atom. The van der Waals surface area contributed by atoms with Crippen LogP contribution in [0.5, 0.6) is 5.75 Å². The minimum Gasteiger partial charge on any atom is -0.507 e. The molecule has 0 saturated carbocycles. The highest BCUT2D eigenvalue weighted by molar-refractivity contribution is 5.96. The summed E-state index contributed by atoms with van der Waals surface area (Å²) in [5.41, 5.74) is 1.10. The molecule has 0 aliphatic carbocycles. The third-order valence-corrected chi connectivity index (χ3v) is 4.43. The van der Waals surface area contributed by atoms with Crippen LogP contribution in [0.15, 0.2) is 60.7 Å². The molecule has 1 aromatic heterocycles. The highest BCUT2D eigenvalue weighted by atomic mass is 16.3. The molecule has 0 unspecified atom stereocenters. The monoisotopic (exact) mass is 434 g/mol. The first-order chi connectivity index (χ1) is 15.5. The van der Waals surface area contributed by atoms with Gasteiger partial charge in [-0.3, -0.25) is 9.59 Å². The van der Waals surface area contributed by atoms with E-state index in [1.165, 1.54) is 13.0 Å². The van der Waals surface area contributed by atoms with Crippen LogP contribution in [-0.2, 0) is 4.79 Å². The molecule has 9 nitrogen and oxygen atoms in total. The smallest absolute Gasteiger partial charge is 0.255 e. The van der Waals surface area contributed by atoms with Gasteiger partial charge in [-0.15, -0.1) is 0 Å². The van der Waals surface area contributed by atoms with Gasteiger partial charge in [-0.2, -0.15) is 0 Å². The fourth-order valence-corrected chi connectivity index (χ4v) is 2.90. The average Bonchev–Trinajstić information content (AvgIpc) is 2.80. The van der Waals surface area contributed by atoms with Gasteiger partial charge in [-0.1, -0.05) is 42.5 Å². The van der Waals surface area contributed by atoms with Crippen LogP contribution in [0.4, 0.5) is 11.6 Å². The number of hydrogen-bond acceptors (Lipinski definition) is 7. The number of aromatic hydroxyl groups is 1. The van der Waals surface area contributed by atoms with Gasteiger partial charge in [-0.05, 0) is 12.1 Å². The summed E-state index contributed by atoms with van der Waals surface area (Å²) in [6, 6.07) is 17.8. The van der Waals surface area contributed by atoms with Gasteiger partial charge >= 0.3 is 0 Å². The van der Waals surface area contributed by atoms with E-state index in [2.05, 4.69) is 31.2 Å². The van der Waals surface area contributed by atoms with Gasteiger partial charge in [0.1, 0.15) is 17.4 Å². The molecular weight excluding hydrogens is 408 g/mol.